The lowest BCUT2D eigenvalue weighted by molar-refractivity contribution is -0.161. The van der Waals surface area contributed by atoms with Crippen LogP contribution < -0.4 is 5.32 Å². The molecule has 0 spiro atoms. The van der Waals surface area contributed by atoms with Crippen molar-refractivity contribution in [2.75, 3.05) is 13.7 Å². The van der Waals surface area contributed by atoms with Crippen LogP contribution in [0.3, 0.4) is 0 Å². The quantitative estimate of drug-likeness (QED) is 0.631. The van der Waals surface area contributed by atoms with Crippen LogP contribution in [-0.4, -0.2) is 48.7 Å². The fourth-order valence-electron chi connectivity index (χ4n) is 3.73. The van der Waals surface area contributed by atoms with Crippen LogP contribution in [0.1, 0.15) is 43.7 Å². The molecule has 0 aromatic heterocycles. The van der Waals surface area contributed by atoms with E-state index in [1.807, 2.05) is 19.1 Å². The van der Waals surface area contributed by atoms with Crippen LogP contribution >= 0.6 is 0 Å². The van der Waals surface area contributed by atoms with E-state index in [1.54, 1.807) is 26.2 Å². The van der Waals surface area contributed by atoms with E-state index in [0.717, 1.165) is 36.1 Å². The zero-order valence-electron chi connectivity index (χ0n) is 16.0. The molecule has 1 aliphatic heterocycles. The summed E-state index contributed by atoms with van der Waals surface area (Å²) in [7, 11) is 1.60. The summed E-state index contributed by atoms with van der Waals surface area (Å²) in [5.74, 6) is -1.05. The van der Waals surface area contributed by atoms with Gasteiger partial charge in [-0.15, -0.1) is 0 Å². The zero-order chi connectivity index (χ0) is 19.6. The molecule has 1 aromatic carbocycles. The van der Waals surface area contributed by atoms with Gasteiger partial charge in [0.1, 0.15) is 18.2 Å². The van der Waals surface area contributed by atoms with Crippen molar-refractivity contribution in [2.24, 2.45) is 0 Å². The highest BCUT2D eigenvalue weighted by atomic mass is 16.6. The second kappa shape index (κ2) is 7.68. The molecule has 3 amide bonds. The lowest BCUT2D eigenvalue weighted by atomic mass is 9.91. The summed E-state index contributed by atoms with van der Waals surface area (Å²) in [6, 6.07) is 6.78. The average molecular weight is 374 g/mol. The molecular weight excluding hydrogens is 348 g/mol. The number of carbonyl (C=O) groups excluding carboxylic acids is 3. The first-order valence-electron chi connectivity index (χ1n) is 9.28. The Balaban J connectivity index is 1.68. The number of hydrogen-bond acceptors (Lipinski definition) is 5. The highest BCUT2D eigenvalue weighted by molar-refractivity contribution is 6.08. The monoisotopic (exact) mass is 374 g/mol. The summed E-state index contributed by atoms with van der Waals surface area (Å²) in [6.07, 6.45) is 3.10. The molecule has 1 saturated heterocycles. The number of nitrogens with one attached hydrogen (secondary N) is 1. The van der Waals surface area contributed by atoms with Crippen molar-refractivity contribution in [3.05, 3.63) is 35.4 Å². The summed E-state index contributed by atoms with van der Waals surface area (Å²) in [6.45, 7) is 3.19. The molecule has 1 heterocycles. The number of carbonyl (C=O) groups is 3. The van der Waals surface area contributed by atoms with E-state index in [-0.39, 0.29) is 12.2 Å². The first-order chi connectivity index (χ1) is 12.8. The molecule has 3 atom stereocenters. The molecule has 7 nitrogen and oxygen atoms in total. The molecule has 3 rings (SSSR count). The summed E-state index contributed by atoms with van der Waals surface area (Å²) >= 11 is 0. The van der Waals surface area contributed by atoms with Crippen LogP contribution in [-0.2, 0) is 24.6 Å². The number of esters is 1. The molecule has 0 unspecified atom stereocenters. The summed E-state index contributed by atoms with van der Waals surface area (Å²) in [5.41, 5.74) is 0.541. The lowest BCUT2D eigenvalue weighted by Crippen LogP contribution is -2.43. The average Bonchev–Trinajstić information content (AvgIpc) is 2.86. The van der Waals surface area contributed by atoms with Crippen molar-refractivity contribution in [3.8, 4) is 0 Å². The molecule has 7 heteroatoms. The van der Waals surface area contributed by atoms with Crippen molar-refractivity contribution in [1.29, 1.82) is 0 Å². The largest absolute Gasteiger partial charge is 0.458 e. The number of amides is 3. The Morgan fingerprint density at radius 1 is 1.19 bits per heavy atom. The van der Waals surface area contributed by atoms with E-state index in [2.05, 4.69) is 5.32 Å². The topological polar surface area (TPSA) is 84.9 Å². The number of aryl methyl sites for hydroxylation is 1. The Hall–Kier alpha value is -2.41. The Kier molecular flexibility index (Phi) is 5.51. The summed E-state index contributed by atoms with van der Waals surface area (Å²) in [5, 5.41) is 2.70. The summed E-state index contributed by atoms with van der Waals surface area (Å²) in [4.78, 5) is 38.5. The molecule has 0 radical (unpaired) electrons. The molecule has 2 fully saturated rings. The second-order valence-corrected chi connectivity index (χ2v) is 7.40. The van der Waals surface area contributed by atoms with Crippen molar-refractivity contribution >= 4 is 17.9 Å². The van der Waals surface area contributed by atoms with E-state index in [1.165, 1.54) is 0 Å². The molecule has 1 N–H and O–H groups in total. The molecule has 2 aliphatic rings. The van der Waals surface area contributed by atoms with E-state index < -0.39 is 30.0 Å². The van der Waals surface area contributed by atoms with Gasteiger partial charge in [0.15, 0.2) is 0 Å². The third-order valence-corrected chi connectivity index (χ3v) is 5.42. The van der Waals surface area contributed by atoms with Crippen molar-refractivity contribution in [2.45, 2.75) is 57.3 Å². The van der Waals surface area contributed by atoms with Crippen LogP contribution in [0, 0.1) is 6.92 Å². The maximum Gasteiger partial charge on any atom is 0.326 e. The number of ether oxygens (including phenoxy) is 2. The minimum Gasteiger partial charge on any atom is -0.458 e. The van der Waals surface area contributed by atoms with Gasteiger partial charge in [-0.2, -0.15) is 0 Å². The molecule has 146 valence electrons. The Morgan fingerprint density at radius 3 is 2.44 bits per heavy atom. The first-order valence-corrected chi connectivity index (χ1v) is 9.28. The summed E-state index contributed by atoms with van der Waals surface area (Å²) < 4.78 is 10.9. The minimum atomic E-state index is -1.19. The molecular formula is C20H26N2O5. The first kappa shape index (κ1) is 19.4. The number of imide groups is 1. The predicted molar refractivity (Wildman–Crippen MR) is 97.9 cm³/mol. The minimum absolute atomic E-state index is 0.136. The Bertz CT molecular complexity index is 732. The van der Waals surface area contributed by atoms with Gasteiger partial charge in [0.25, 0.3) is 5.91 Å². The van der Waals surface area contributed by atoms with Gasteiger partial charge < -0.3 is 14.8 Å². The van der Waals surface area contributed by atoms with Gasteiger partial charge in [-0.3, -0.25) is 14.5 Å². The van der Waals surface area contributed by atoms with Gasteiger partial charge in [-0.05, 0) is 38.7 Å². The van der Waals surface area contributed by atoms with Gasteiger partial charge >= 0.3 is 12.0 Å². The third kappa shape index (κ3) is 3.83. The fourth-order valence-corrected chi connectivity index (χ4v) is 3.73. The highest BCUT2D eigenvalue weighted by Crippen LogP contribution is 2.29. The lowest BCUT2D eigenvalue weighted by Gasteiger charge is -2.30. The van der Waals surface area contributed by atoms with Crippen LogP contribution in [0.25, 0.3) is 0 Å². The van der Waals surface area contributed by atoms with Gasteiger partial charge in [-0.1, -0.05) is 36.2 Å². The predicted octanol–water partition coefficient (Wildman–Crippen LogP) is 2.26. The van der Waals surface area contributed by atoms with Crippen LogP contribution in [0.5, 0.6) is 0 Å². The van der Waals surface area contributed by atoms with Crippen molar-refractivity contribution in [3.63, 3.8) is 0 Å². The number of nitrogens with zero attached hydrogens (tertiary/aromatic N) is 1. The number of rotatable bonds is 5. The van der Waals surface area contributed by atoms with Gasteiger partial charge in [0.2, 0.25) is 0 Å². The van der Waals surface area contributed by atoms with Gasteiger partial charge in [0.05, 0.1) is 6.10 Å². The zero-order valence-corrected chi connectivity index (χ0v) is 16.0. The Labute approximate surface area is 159 Å². The van der Waals surface area contributed by atoms with Crippen LogP contribution in [0.4, 0.5) is 4.79 Å². The molecule has 27 heavy (non-hydrogen) atoms. The van der Waals surface area contributed by atoms with E-state index >= 15 is 0 Å². The molecule has 1 saturated carbocycles. The molecule has 1 aromatic rings. The maximum absolute atomic E-state index is 12.9. The number of urea groups is 1. The molecule has 0 bridgehead atoms. The normalized spacial score (nSPS) is 28.2. The number of hydrogen-bond donors (Lipinski definition) is 1. The van der Waals surface area contributed by atoms with Crippen molar-refractivity contribution < 1.29 is 23.9 Å². The maximum atomic E-state index is 12.9. The standard InChI is InChI=1S/C20H26N2O5/c1-13-8-10-14(11-9-13)20(2)18(24)22(19(25)21-20)12-17(23)27-16-7-5-4-6-15(16)26-3/h8-11,15-16H,4-7,12H2,1-3H3,(H,21,25)/t15-,16+,20-/m1/s1. The van der Waals surface area contributed by atoms with E-state index in [4.69, 9.17) is 9.47 Å². The van der Waals surface area contributed by atoms with Crippen LogP contribution in [0.15, 0.2) is 24.3 Å². The smallest absolute Gasteiger partial charge is 0.326 e. The van der Waals surface area contributed by atoms with E-state index in [0.29, 0.717) is 5.56 Å². The third-order valence-electron chi connectivity index (χ3n) is 5.42. The highest BCUT2D eigenvalue weighted by Gasteiger charge is 2.49. The second-order valence-electron chi connectivity index (χ2n) is 7.40. The Morgan fingerprint density at radius 2 is 1.81 bits per heavy atom. The SMILES string of the molecule is CO[C@@H]1CCCC[C@@H]1OC(=O)CN1C(=O)N[C@](C)(c2ccc(C)cc2)C1=O. The van der Waals surface area contributed by atoms with Gasteiger partial charge in [-0.25, -0.2) is 4.79 Å². The van der Waals surface area contributed by atoms with Crippen LogP contribution in [0.2, 0.25) is 0 Å². The fraction of sp³-hybridized carbons (Fsp3) is 0.550. The number of methoxy groups -OCH3 is 1. The molecule has 1 aliphatic carbocycles. The van der Waals surface area contributed by atoms with Crippen molar-refractivity contribution in [1.82, 2.24) is 10.2 Å². The number of benzene rings is 1. The van der Waals surface area contributed by atoms with Gasteiger partial charge in [0, 0.05) is 7.11 Å². The van der Waals surface area contributed by atoms with E-state index in [9.17, 15) is 14.4 Å².